The number of amidine groups is 1. The SMILES string of the molecule is CC(C)C(=N)N1CCCCC1. The summed E-state index contributed by atoms with van der Waals surface area (Å²) in [6, 6.07) is 0. The van der Waals surface area contributed by atoms with Crippen LogP contribution in [0.1, 0.15) is 33.1 Å². The molecule has 0 aliphatic carbocycles. The van der Waals surface area contributed by atoms with E-state index in [1.54, 1.807) is 0 Å². The Kier molecular flexibility index (Phi) is 2.92. The van der Waals surface area contributed by atoms with Gasteiger partial charge < -0.3 is 4.90 Å². The maximum Gasteiger partial charge on any atom is 0.0983 e. The number of likely N-dealkylation sites (tertiary alicyclic amines) is 1. The fourth-order valence-corrected chi connectivity index (χ4v) is 1.50. The van der Waals surface area contributed by atoms with Crippen molar-refractivity contribution < 1.29 is 0 Å². The second-order valence-electron chi connectivity index (χ2n) is 3.59. The summed E-state index contributed by atoms with van der Waals surface area (Å²) in [7, 11) is 0. The highest BCUT2D eigenvalue weighted by molar-refractivity contribution is 5.81. The van der Waals surface area contributed by atoms with E-state index in [1.165, 1.54) is 19.3 Å². The van der Waals surface area contributed by atoms with Crippen LogP contribution in [-0.4, -0.2) is 23.8 Å². The number of nitrogens with zero attached hydrogens (tertiary/aromatic N) is 1. The molecule has 1 rings (SSSR count). The van der Waals surface area contributed by atoms with Crippen molar-refractivity contribution in [3.05, 3.63) is 0 Å². The Labute approximate surface area is 69.1 Å². The van der Waals surface area contributed by atoms with Gasteiger partial charge in [0.15, 0.2) is 0 Å². The molecule has 0 aromatic carbocycles. The molecule has 0 atom stereocenters. The molecule has 1 aliphatic rings. The third kappa shape index (κ3) is 2.21. The van der Waals surface area contributed by atoms with Crippen molar-refractivity contribution in [1.29, 1.82) is 5.41 Å². The van der Waals surface area contributed by atoms with E-state index in [2.05, 4.69) is 18.7 Å². The summed E-state index contributed by atoms with van der Waals surface area (Å²) in [6.07, 6.45) is 3.89. The predicted octanol–water partition coefficient (Wildman–Crippen LogP) is 2.11. The molecule has 11 heavy (non-hydrogen) atoms. The van der Waals surface area contributed by atoms with Gasteiger partial charge in [0.25, 0.3) is 0 Å². The number of nitrogens with one attached hydrogen (secondary N) is 1. The standard InChI is InChI=1S/C9H18N2/c1-8(2)9(10)11-6-4-3-5-7-11/h8,10H,3-7H2,1-2H3. The summed E-state index contributed by atoms with van der Waals surface area (Å²) in [6.45, 7) is 6.40. The molecule has 0 spiro atoms. The van der Waals surface area contributed by atoms with Crippen LogP contribution >= 0.6 is 0 Å². The fourth-order valence-electron chi connectivity index (χ4n) is 1.50. The maximum atomic E-state index is 7.76. The minimum atomic E-state index is 0.396. The lowest BCUT2D eigenvalue weighted by Crippen LogP contribution is -2.37. The summed E-state index contributed by atoms with van der Waals surface area (Å²) in [5.74, 6) is 1.22. The molecule has 1 heterocycles. The Morgan fingerprint density at radius 3 is 2.18 bits per heavy atom. The molecule has 0 unspecified atom stereocenters. The largest absolute Gasteiger partial charge is 0.360 e. The molecule has 0 aromatic heterocycles. The van der Waals surface area contributed by atoms with Crippen molar-refractivity contribution in [2.24, 2.45) is 5.92 Å². The van der Waals surface area contributed by atoms with E-state index in [0.717, 1.165) is 18.9 Å². The van der Waals surface area contributed by atoms with Gasteiger partial charge in [-0.15, -0.1) is 0 Å². The monoisotopic (exact) mass is 154 g/mol. The average Bonchev–Trinajstić information content (AvgIpc) is 2.05. The van der Waals surface area contributed by atoms with Crippen LogP contribution in [0, 0.1) is 11.3 Å². The summed E-state index contributed by atoms with van der Waals surface area (Å²) in [5.41, 5.74) is 0. The van der Waals surface area contributed by atoms with Gasteiger partial charge in [0.2, 0.25) is 0 Å². The Hall–Kier alpha value is -0.530. The molecule has 64 valence electrons. The summed E-state index contributed by atoms with van der Waals surface area (Å²) < 4.78 is 0. The average molecular weight is 154 g/mol. The van der Waals surface area contributed by atoms with Crippen molar-refractivity contribution >= 4 is 5.84 Å². The van der Waals surface area contributed by atoms with Crippen molar-refractivity contribution in [3.63, 3.8) is 0 Å². The topological polar surface area (TPSA) is 27.1 Å². The van der Waals surface area contributed by atoms with Crippen molar-refractivity contribution in [3.8, 4) is 0 Å². The highest BCUT2D eigenvalue weighted by Gasteiger charge is 2.14. The van der Waals surface area contributed by atoms with Crippen LogP contribution < -0.4 is 0 Å². The number of hydrogen-bond acceptors (Lipinski definition) is 1. The number of rotatable bonds is 1. The highest BCUT2D eigenvalue weighted by Crippen LogP contribution is 2.11. The molecule has 1 aliphatic heterocycles. The van der Waals surface area contributed by atoms with Gasteiger partial charge in [-0.3, -0.25) is 5.41 Å². The molecule has 2 nitrogen and oxygen atoms in total. The van der Waals surface area contributed by atoms with Crippen LogP contribution in [0.2, 0.25) is 0 Å². The molecule has 0 saturated carbocycles. The minimum Gasteiger partial charge on any atom is -0.360 e. The first-order valence-electron chi connectivity index (χ1n) is 4.55. The molecule has 0 radical (unpaired) electrons. The van der Waals surface area contributed by atoms with E-state index in [-0.39, 0.29) is 0 Å². The number of piperidine rings is 1. The molecular formula is C9H18N2. The first-order chi connectivity index (χ1) is 5.22. The Balaban J connectivity index is 2.39. The van der Waals surface area contributed by atoms with Crippen LogP contribution in [0.3, 0.4) is 0 Å². The third-order valence-electron chi connectivity index (χ3n) is 2.24. The van der Waals surface area contributed by atoms with Crippen molar-refractivity contribution in [1.82, 2.24) is 4.90 Å². The van der Waals surface area contributed by atoms with Gasteiger partial charge in [-0.25, -0.2) is 0 Å². The molecule has 0 aromatic rings. The van der Waals surface area contributed by atoms with Gasteiger partial charge >= 0.3 is 0 Å². The van der Waals surface area contributed by atoms with Crippen LogP contribution in [0.25, 0.3) is 0 Å². The molecule has 2 heteroatoms. The van der Waals surface area contributed by atoms with E-state index in [1.807, 2.05) is 0 Å². The minimum absolute atomic E-state index is 0.396. The van der Waals surface area contributed by atoms with Crippen LogP contribution in [0.15, 0.2) is 0 Å². The van der Waals surface area contributed by atoms with Gasteiger partial charge in [0.1, 0.15) is 0 Å². The van der Waals surface area contributed by atoms with Crippen molar-refractivity contribution in [2.75, 3.05) is 13.1 Å². The lowest BCUT2D eigenvalue weighted by Gasteiger charge is -2.30. The smallest absolute Gasteiger partial charge is 0.0983 e. The normalized spacial score (nSPS) is 19.0. The lowest BCUT2D eigenvalue weighted by atomic mass is 10.1. The molecule has 0 amide bonds. The second-order valence-corrected chi connectivity index (χ2v) is 3.59. The Bertz CT molecular complexity index is 134. The number of hydrogen-bond donors (Lipinski definition) is 1. The van der Waals surface area contributed by atoms with Gasteiger partial charge in [-0.05, 0) is 19.3 Å². The highest BCUT2D eigenvalue weighted by atomic mass is 15.2. The fraction of sp³-hybridized carbons (Fsp3) is 0.889. The molecular weight excluding hydrogens is 136 g/mol. The second kappa shape index (κ2) is 3.74. The summed E-state index contributed by atoms with van der Waals surface area (Å²) >= 11 is 0. The Morgan fingerprint density at radius 2 is 1.73 bits per heavy atom. The van der Waals surface area contributed by atoms with Crippen LogP contribution in [0.4, 0.5) is 0 Å². The van der Waals surface area contributed by atoms with Gasteiger partial charge in [-0.1, -0.05) is 13.8 Å². The van der Waals surface area contributed by atoms with Gasteiger partial charge in [0.05, 0.1) is 5.84 Å². The van der Waals surface area contributed by atoms with Crippen molar-refractivity contribution in [2.45, 2.75) is 33.1 Å². The first-order valence-corrected chi connectivity index (χ1v) is 4.55. The van der Waals surface area contributed by atoms with E-state index in [0.29, 0.717) is 5.92 Å². The quantitative estimate of drug-likeness (QED) is 0.454. The zero-order valence-electron chi connectivity index (χ0n) is 7.56. The van der Waals surface area contributed by atoms with Gasteiger partial charge in [0, 0.05) is 19.0 Å². The van der Waals surface area contributed by atoms with Crippen LogP contribution in [0.5, 0.6) is 0 Å². The lowest BCUT2D eigenvalue weighted by molar-refractivity contribution is 0.328. The molecule has 1 N–H and O–H groups in total. The molecule has 0 bridgehead atoms. The van der Waals surface area contributed by atoms with Gasteiger partial charge in [-0.2, -0.15) is 0 Å². The van der Waals surface area contributed by atoms with E-state index in [9.17, 15) is 0 Å². The zero-order chi connectivity index (χ0) is 8.27. The zero-order valence-corrected chi connectivity index (χ0v) is 7.56. The summed E-state index contributed by atoms with van der Waals surface area (Å²) in [5, 5.41) is 7.76. The van der Waals surface area contributed by atoms with E-state index in [4.69, 9.17) is 5.41 Å². The third-order valence-corrected chi connectivity index (χ3v) is 2.24. The molecule has 1 fully saturated rings. The van der Waals surface area contributed by atoms with E-state index >= 15 is 0 Å². The molecule has 1 saturated heterocycles. The maximum absolute atomic E-state index is 7.76. The predicted molar refractivity (Wildman–Crippen MR) is 48.0 cm³/mol. The Morgan fingerprint density at radius 1 is 1.18 bits per heavy atom. The first kappa shape index (κ1) is 8.57. The van der Waals surface area contributed by atoms with Crippen LogP contribution in [-0.2, 0) is 0 Å². The van der Waals surface area contributed by atoms with E-state index < -0.39 is 0 Å². The summed E-state index contributed by atoms with van der Waals surface area (Å²) in [4.78, 5) is 2.22.